The number of hydrogen-bond acceptors (Lipinski definition) is 6. The van der Waals surface area contributed by atoms with Crippen LogP contribution in [0.4, 0.5) is 18.9 Å². The average molecular weight is 511 g/mol. The lowest BCUT2D eigenvalue weighted by Gasteiger charge is -2.49. The van der Waals surface area contributed by atoms with E-state index in [1.165, 1.54) is 6.07 Å². The van der Waals surface area contributed by atoms with Crippen LogP contribution >= 0.6 is 11.6 Å². The van der Waals surface area contributed by atoms with Gasteiger partial charge in [-0.15, -0.1) is 0 Å². The Morgan fingerprint density at radius 1 is 1.14 bits per heavy atom. The number of pyridine rings is 1. The Hall–Kier alpha value is -2.40. The summed E-state index contributed by atoms with van der Waals surface area (Å²) < 4.78 is 38.6. The summed E-state index contributed by atoms with van der Waals surface area (Å²) in [5.74, 6) is -0.164. The molecule has 3 saturated heterocycles. The van der Waals surface area contributed by atoms with Crippen LogP contribution in [0.25, 0.3) is 0 Å². The third-order valence-electron chi connectivity index (χ3n) is 7.23. The van der Waals surface area contributed by atoms with Crippen LogP contribution in [0.3, 0.4) is 0 Å². The van der Waals surface area contributed by atoms with Crippen LogP contribution in [0, 0.1) is 0 Å². The molecule has 188 valence electrons. The topological polar surface area (TPSA) is 80.1 Å². The minimum atomic E-state index is -4.48. The number of anilines is 1. The molecule has 0 aliphatic carbocycles. The predicted octanol–water partition coefficient (Wildman–Crippen LogP) is 2.74. The van der Waals surface area contributed by atoms with Crippen LogP contribution in [0.2, 0.25) is 5.02 Å². The second-order valence-corrected chi connectivity index (χ2v) is 9.95. The number of alkyl halides is 3. The van der Waals surface area contributed by atoms with Crippen LogP contribution < -0.4 is 4.90 Å². The molecule has 4 heterocycles. The number of amides is 1. The molecular formula is C24H26ClF3N4O3. The Kier molecular flexibility index (Phi) is 6.19. The lowest BCUT2D eigenvalue weighted by Crippen LogP contribution is -2.61. The van der Waals surface area contributed by atoms with Gasteiger partial charge in [0, 0.05) is 51.5 Å². The van der Waals surface area contributed by atoms with Gasteiger partial charge in [0.05, 0.1) is 33.6 Å². The standard InChI is InChI=1S/C24H26ClF3N4O3/c25-21-18(2-1-3-19(21)32-12-17(33)13-32)22(34)30-8-9-31-14-23(35,7-6-16(31)11-30)20-5-4-15(10-29-20)24(26,27)28/h1-5,10,16-17,33,35H,6-9,11-14H2/t16-,23-/m1/s1. The van der Waals surface area contributed by atoms with E-state index in [4.69, 9.17) is 11.6 Å². The first-order valence-electron chi connectivity index (χ1n) is 11.6. The molecule has 2 N–H and O–H groups in total. The van der Waals surface area contributed by atoms with E-state index in [0.29, 0.717) is 56.2 Å². The number of hydrogen-bond donors (Lipinski definition) is 2. The van der Waals surface area contributed by atoms with Crippen molar-refractivity contribution in [1.82, 2.24) is 14.8 Å². The Balaban J connectivity index is 1.25. The number of aromatic nitrogens is 1. The maximum Gasteiger partial charge on any atom is 0.417 e. The maximum atomic E-state index is 13.3. The van der Waals surface area contributed by atoms with Crippen LogP contribution in [0.1, 0.15) is 34.5 Å². The van der Waals surface area contributed by atoms with Crippen LogP contribution in [-0.2, 0) is 11.8 Å². The summed E-state index contributed by atoms with van der Waals surface area (Å²) >= 11 is 6.57. The lowest BCUT2D eigenvalue weighted by atomic mass is 9.84. The molecule has 0 spiro atoms. The van der Waals surface area contributed by atoms with Gasteiger partial charge in [0.25, 0.3) is 5.91 Å². The summed E-state index contributed by atoms with van der Waals surface area (Å²) in [6, 6.07) is 7.53. The fraction of sp³-hybridized carbons (Fsp3) is 0.500. The van der Waals surface area contributed by atoms with Crippen molar-refractivity contribution >= 4 is 23.2 Å². The average Bonchev–Trinajstić information content (AvgIpc) is 2.81. The van der Waals surface area contributed by atoms with Gasteiger partial charge >= 0.3 is 6.18 Å². The van der Waals surface area contributed by atoms with Gasteiger partial charge in [0.2, 0.25) is 0 Å². The quantitative estimate of drug-likeness (QED) is 0.661. The second kappa shape index (κ2) is 8.92. The van der Waals surface area contributed by atoms with Crippen molar-refractivity contribution in [3.8, 4) is 0 Å². The molecule has 2 atom stereocenters. The van der Waals surface area contributed by atoms with Crippen LogP contribution in [0.15, 0.2) is 36.5 Å². The van der Waals surface area contributed by atoms with Crippen molar-refractivity contribution < 1.29 is 28.2 Å². The third kappa shape index (κ3) is 4.60. The zero-order valence-electron chi connectivity index (χ0n) is 18.9. The smallest absolute Gasteiger partial charge is 0.389 e. The number of rotatable bonds is 3. The number of aliphatic hydroxyl groups is 2. The number of fused-ring (bicyclic) bond motifs is 1. The molecule has 0 unspecified atom stereocenters. The molecule has 3 fully saturated rings. The molecular weight excluding hydrogens is 485 g/mol. The summed E-state index contributed by atoms with van der Waals surface area (Å²) in [7, 11) is 0. The third-order valence-corrected chi connectivity index (χ3v) is 7.62. The highest BCUT2D eigenvalue weighted by Crippen LogP contribution is 2.37. The first kappa shape index (κ1) is 24.3. The van der Waals surface area contributed by atoms with E-state index in [1.54, 1.807) is 17.0 Å². The molecule has 5 rings (SSSR count). The Bertz CT molecular complexity index is 1110. The molecule has 3 aliphatic rings. The second-order valence-electron chi connectivity index (χ2n) is 9.57. The number of piperidine rings is 1. The van der Waals surface area contributed by atoms with Crippen molar-refractivity contribution in [3.05, 3.63) is 58.4 Å². The van der Waals surface area contributed by atoms with Gasteiger partial charge in [-0.05, 0) is 37.1 Å². The highest BCUT2D eigenvalue weighted by Gasteiger charge is 2.43. The number of benzene rings is 1. The van der Waals surface area contributed by atoms with Crippen LogP contribution in [-0.4, -0.2) is 82.3 Å². The Morgan fingerprint density at radius 3 is 2.57 bits per heavy atom. The molecule has 11 heteroatoms. The minimum Gasteiger partial charge on any atom is -0.389 e. The number of β-amino-alcohol motifs (C(OH)–C–C–N with tert-alkyl or cyclic N) is 1. The normalized spacial score (nSPS) is 25.8. The summed E-state index contributed by atoms with van der Waals surface area (Å²) in [6.07, 6.45) is -3.20. The van der Waals surface area contributed by atoms with Crippen molar-refractivity contribution in [3.63, 3.8) is 0 Å². The SMILES string of the molecule is O=C(c1cccc(N2CC(O)C2)c1Cl)N1CCN2C[C@@](O)(c3ccc(C(F)(F)F)cn3)CC[C@@H]2C1. The van der Waals surface area contributed by atoms with E-state index < -0.39 is 17.3 Å². The monoisotopic (exact) mass is 510 g/mol. The van der Waals surface area contributed by atoms with E-state index in [1.807, 2.05) is 11.0 Å². The molecule has 7 nitrogen and oxygen atoms in total. The number of halogens is 4. The molecule has 0 bridgehead atoms. The van der Waals surface area contributed by atoms with Gasteiger partial charge < -0.3 is 20.0 Å². The highest BCUT2D eigenvalue weighted by molar-refractivity contribution is 6.36. The van der Waals surface area contributed by atoms with E-state index in [-0.39, 0.29) is 30.3 Å². The summed E-state index contributed by atoms with van der Waals surface area (Å²) in [6.45, 7) is 2.64. The highest BCUT2D eigenvalue weighted by atomic mass is 35.5. The predicted molar refractivity (Wildman–Crippen MR) is 123 cm³/mol. The zero-order chi connectivity index (χ0) is 25.0. The van der Waals surface area contributed by atoms with Gasteiger partial charge in [-0.25, -0.2) is 0 Å². The molecule has 0 saturated carbocycles. The molecule has 0 radical (unpaired) electrons. The molecule has 1 amide bonds. The Labute approximate surface area is 205 Å². The van der Waals surface area contributed by atoms with Crippen LogP contribution in [0.5, 0.6) is 0 Å². The summed E-state index contributed by atoms with van der Waals surface area (Å²) in [5.41, 5.74) is -0.818. The molecule has 1 aromatic carbocycles. The Morgan fingerprint density at radius 2 is 1.91 bits per heavy atom. The van der Waals surface area contributed by atoms with E-state index >= 15 is 0 Å². The van der Waals surface area contributed by atoms with Gasteiger partial charge in [0.15, 0.2) is 0 Å². The zero-order valence-corrected chi connectivity index (χ0v) is 19.6. The maximum absolute atomic E-state index is 13.3. The minimum absolute atomic E-state index is 0.0231. The summed E-state index contributed by atoms with van der Waals surface area (Å²) in [5, 5.41) is 21.1. The fourth-order valence-electron chi connectivity index (χ4n) is 5.18. The van der Waals surface area contributed by atoms with E-state index in [9.17, 15) is 28.2 Å². The molecule has 2 aromatic rings. The lowest BCUT2D eigenvalue weighted by molar-refractivity contribution is -0.138. The molecule has 35 heavy (non-hydrogen) atoms. The van der Waals surface area contributed by atoms with Crippen molar-refractivity contribution in [2.24, 2.45) is 0 Å². The van der Waals surface area contributed by atoms with Crippen molar-refractivity contribution in [2.45, 2.75) is 36.8 Å². The molecule has 3 aliphatic heterocycles. The number of nitrogens with zero attached hydrogens (tertiary/aromatic N) is 4. The fourth-order valence-corrected chi connectivity index (χ4v) is 5.50. The van der Waals surface area contributed by atoms with Gasteiger partial charge in [-0.2, -0.15) is 13.2 Å². The van der Waals surface area contributed by atoms with Crippen molar-refractivity contribution in [1.29, 1.82) is 0 Å². The first-order chi connectivity index (χ1) is 16.5. The number of aliphatic hydroxyl groups excluding tert-OH is 1. The number of carbonyl (C=O) groups is 1. The van der Waals surface area contributed by atoms with E-state index in [0.717, 1.165) is 18.0 Å². The largest absolute Gasteiger partial charge is 0.417 e. The number of piperazine rings is 1. The van der Waals surface area contributed by atoms with Gasteiger partial charge in [-0.3, -0.25) is 14.7 Å². The van der Waals surface area contributed by atoms with Gasteiger partial charge in [-0.1, -0.05) is 17.7 Å². The summed E-state index contributed by atoms with van der Waals surface area (Å²) in [4.78, 5) is 23.0. The van der Waals surface area contributed by atoms with E-state index in [2.05, 4.69) is 9.88 Å². The van der Waals surface area contributed by atoms with Crippen molar-refractivity contribution in [2.75, 3.05) is 44.2 Å². The number of carbonyl (C=O) groups excluding carboxylic acids is 1. The van der Waals surface area contributed by atoms with Gasteiger partial charge in [0.1, 0.15) is 5.60 Å². The first-order valence-corrected chi connectivity index (χ1v) is 11.9. The molecule has 1 aromatic heterocycles.